The summed E-state index contributed by atoms with van der Waals surface area (Å²) in [7, 11) is 0. The zero-order valence-corrected chi connectivity index (χ0v) is 18.0. The van der Waals surface area contributed by atoms with Gasteiger partial charge in [-0.3, -0.25) is 14.6 Å². The van der Waals surface area contributed by atoms with Crippen LogP contribution in [-0.2, 0) is 11.3 Å². The van der Waals surface area contributed by atoms with Crippen LogP contribution < -0.4 is 10.2 Å². The summed E-state index contributed by atoms with van der Waals surface area (Å²) in [6.45, 7) is 0.369. The number of nitrogens with zero attached hydrogens (tertiary/aromatic N) is 2. The average Bonchev–Trinajstić information content (AvgIpc) is 2.85. The number of aromatic nitrogens is 1. The minimum absolute atomic E-state index is 0.0116. The summed E-state index contributed by atoms with van der Waals surface area (Å²) >= 11 is 0. The van der Waals surface area contributed by atoms with Gasteiger partial charge in [-0.2, -0.15) is 0 Å². The largest absolute Gasteiger partial charge is 0.350 e. The summed E-state index contributed by atoms with van der Waals surface area (Å²) in [4.78, 5) is 33.9. The van der Waals surface area contributed by atoms with Crippen molar-refractivity contribution in [3.63, 3.8) is 0 Å². The van der Waals surface area contributed by atoms with E-state index in [1.165, 1.54) is 0 Å². The fraction of sp³-hybridized carbons (Fsp3) is 0.296. The highest BCUT2D eigenvalue weighted by Crippen LogP contribution is 2.50. The topological polar surface area (TPSA) is 62.3 Å². The van der Waals surface area contributed by atoms with Gasteiger partial charge in [0.05, 0.1) is 23.7 Å². The third kappa shape index (κ3) is 3.48. The Balaban J connectivity index is 1.61. The molecule has 3 aromatic rings. The third-order valence-electron chi connectivity index (χ3n) is 6.85. The number of carbonyl (C=O) groups is 2. The molecule has 1 spiro atoms. The molecule has 2 amide bonds. The molecule has 2 heterocycles. The Morgan fingerprint density at radius 1 is 0.938 bits per heavy atom. The van der Waals surface area contributed by atoms with E-state index in [0.29, 0.717) is 12.1 Å². The lowest BCUT2D eigenvalue weighted by atomic mass is 9.65. The molecule has 1 atom stereocenters. The molecule has 2 aliphatic rings. The van der Waals surface area contributed by atoms with Crippen LogP contribution in [-0.4, -0.2) is 22.3 Å². The predicted molar refractivity (Wildman–Crippen MR) is 124 cm³/mol. The summed E-state index contributed by atoms with van der Waals surface area (Å²) in [5, 5.41) is 3.13. The minimum Gasteiger partial charge on any atom is -0.350 e. The van der Waals surface area contributed by atoms with E-state index in [0.717, 1.165) is 49.0 Å². The zero-order valence-electron chi connectivity index (χ0n) is 18.0. The van der Waals surface area contributed by atoms with E-state index in [1.54, 1.807) is 6.20 Å². The summed E-state index contributed by atoms with van der Waals surface area (Å²) in [5.41, 5.74) is 2.56. The monoisotopic (exact) mass is 425 g/mol. The molecule has 1 saturated carbocycles. The van der Waals surface area contributed by atoms with Gasteiger partial charge in [-0.1, -0.05) is 61.7 Å². The minimum atomic E-state index is -0.570. The summed E-state index contributed by atoms with van der Waals surface area (Å²) in [5.74, 6) is -0.485. The third-order valence-corrected chi connectivity index (χ3v) is 6.85. The van der Waals surface area contributed by atoms with Crippen LogP contribution >= 0.6 is 0 Å². The molecule has 32 heavy (non-hydrogen) atoms. The number of pyridine rings is 1. The lowest BCUT2D eigenvalue weighted by Crippen LogP contribution is -2.63. The number of hydrogen-bond donors (Lipinski definition) is 1. The molecule has 0 unspecified atom stereocenters. The molecule has 5 rings (SSSR count). The van der Waals surface area contributed by atoms with E-state index in [-0.39, 0.29) is 11.8 Å². The maximum atomic E-state index is 13.8. The van der Waals surface area contributed by atoms with E-state index in [1.807, 2.05) is 77.7 Å². The maximum absolute atomic E-state index is 13.8. The number of carbonyl (C=O) groups excluding carboxylic acids is 2. The normalized spacial score (nSPS) is 19.4. The average molecular weight is 426 g/mol. The highest BCUT2D eigenvalue weighted by Gasteiger charge is 2.55. The Morgan fingerprint density at radius 3 is 2.41 bits per heavy atom. The van der Waals surface area contributed by atoms with E-state index in [2.05, 4.69) is 10.3 Å². The second kappa shape index (κ2) is 8.58. The number of nitrogens with one attached hydrogen (secondary N) is 1. The van der Waals surface area contributed by atoms with Crippen LogP contribution in [0.4, 0.5) is 5.69 Å². The van der Waals surface area contributed by atoms with Crippen molar-refractivity contribution in [1.29, 1.82) is 0 Å². The van der Waals surface area contributed by atoms with Crippen LogP contribution in [0.15, 0.2) is 79.0 Å². The Bertz CT molecular complexity index is 1110. The van der Waals surface area contributed by atoms with Crippen LogP contribution in [0.1, 0.15) is 59.6 Å². The quantitative estimate of drug-likeness (QED) is 0.650. The molecule has 1 N–H and O–H groups in total. The van der Waals surface area contributed by atoms with Crippen molar-refractivity contribution in [2.75, 3.05) is 4.90 Å². The molecule has 0 bridgehead atoms. The molecular weight excluding hydrogens is 398 g/mol. The number of anilines is 1. The number of rotatable bonds is 4. The van der Waals surface area contributed by atoms with Crippen LogP contribution in [0.25, 0.3) is 0 Å². The van der Waals surface area contributed by atoms with Crippen molar-refractivity contribution in [3.05, 3.63) is 95.8 Å². The van der Waals surface area contributed by atoms with Gasteiger partial charge in [0.2, 0.25) is 5.91 Å². The molecule has 1 aliphatic carbocycles. The number of amides is 2. The Labute approximate surface area is 188 Å². The van der Waals surface area contributed by atoms with Gasteiger partial charge < -0.3 is 10.2 Å². The van der Waals surface area contributed by atoms with Gasteiger partial charge in [0.25, 0.3) is 5.91 Å². The van der Waals surface area contributed by atoms with Gasteiger partial charge in [0, 0.05) is 17.4 Å². The molecule has 5 nitrogen and oxygen atoms in total. The fourth-order valence-corrected chi connectivity index (χ4v) is 5.48. The van der Waals surface area contributed by atoms with E-state index < -0.39 is 11.5 Å². The first-order chi connectivity index (χ1) is 15.7. The smallest absolute Gasteiger partial charge is 0.259 e. The maximum Gasteiger partial charge on any atom is 0.259 e. The number of fused-ring (bicyclic) bond motifs is 1. The van der Waals surface area contributed by atoms with Gasteiger partial charge in [-0.05, 0) is 48.7 Å². The van der Waals surface area contributed by atoms with E-state index >= 15 is 0 Å². The second-order valence-corrected chi connectivity index (χ2v) is 8.70. The number of hydrogen-bond acceptors (Lipinski definition) is 3. The highest BCUT2D eigenvalue weighted by molar-refractivity contribution is 6.12. The van der Waals surface area contributed by atoms with Gasteiger partial charge in [-0.25, -0.2) is 0 Å². The Kier molecular flexibility index (Phi) is 5.48. The first kappa shape index (κ1) is 20.4. The van der Waals surface area contributed by atoms with Crippen molar-refractivity contribution < 1.29 is 9.59 Å². The van der Waals surface area contributed by atoms with Gasteiger partial charge >= 0.3 is 0 Å². The van der Waals surface area contributed by atoms with Crippen molar-refractivity contribution in [2.45, 2.75) is 50.1 Å². The molecular formula is C27H27N3O2. The van der Waals surface area contributed by atoms with Crippen LogP contribution in [0.2, 0.25) is 0 Å². The van der Waals surface area contributed by atoms with Gasteiger partial charge in [-0.15, -0.1) is 0 Å². The van der Waals surface area contributed by atoms with Crippen LogP contribution in [0.3, 0.4) is 0 Å². The summed E-state index contributed by atoms with van der Waals surface area (Å²) < 4.78 is 0. The summed E-state index contributed by atoms with van der Waals surface area (Å²) in [6, 6.07) is 23.1. The van der Waals surface area contributed by atoms with Crippen molar-refractivity contribution in [1.82, 2.24) is 10.3 Å². The SMILES string of the molecule is O=C(NCc1ccccn1)[C@H]1c2ccccc2C(=O)N(c2ccccc2)C12CCCCC2. The van der Waals surface area contributed by atoms with Gasteiger partial charge in [0.1, 0.15) is 0 Å². The van der Waals surface area contributed by atoms with E-state index in [4.69, 9.17) is 0 Å². The lowest BCUT2D eigenvalue weighted by molar-refractivity contribution is -0.124. The van der Waals surface area contributed by atoms with Crippen molar-refractivity contribution in [2.24, 2.45) is 0 Å². The molecule has 162 valence electrons. The van der Waals surface area contributed by atoms with Crippen LogP contribution in [0.5, 0.6) is 0 Å². The standard InChI is InChI=1S/C27H27N3O2/c31-25(29-19-20-11-7-10-18-28-20)24-22-14-5-6-15-23(22)26(32)30(21-12-3-1-4-13-21)27(24)16-8-2-9-17-27/h1,3-7,10-15,18,24H,2,8-9,16-17,19H2,(H,29,31)/t24-/m1/s1. The number of benzene rings is 2. The van der Waals surface area contributed by atoms with Gasteiger partial charge in [0.15, 0.2) is 0 Å². The molecule has 0 radical (unpaired) electrons. The molecule has 0 saturated heterocycles. The molecule has 1 aliphatic heterocycles. The summed E-state index contributed by atoms with van der Waals surface area (Å²) in [6.07, 6.45) is 6.48. The number of para-hydroxylation sites is 1. The molecule has 1 aromatic heterocycles. The fourth-order valence-electron chi connectivity index (χ4n) is 5.48. The lowest BCUT2D eigenvalue weighted by Gasteiger charge is -2.53. The second-order valence-electron chi connectivity index (χ2n) is 8.70. The molecule has 5 heteroatoms. The first-order valence-corrected chi connectivity index (χ1v) is 11.4. The van der Waals surface area contributed by atoms with E-state index in [9.17, 15) is 9.59 Å². The molecule has 1 fully saturated rings. The van der Waals surface area contributed by atoms with Crippen LogP contribution in [0, 0.1) is 0 Å². The zero-order chi connectivity index (χ0) is 22.0. The molecule has 2 aromatic carbocycles. The van der Waals surface area contributed by atoms with Crippen molar-refractivity contribution >= 4 is 17.5 Å². The Morgan fingerprint density at radius 2 is 1.66 bits per heavy atom. The predicted octanol–water partition coefficient (Wildman–Crippen LogP) is 4.84. The Hall–Kier alpha value is -3.47. The van der Waals surface area contributed by atoms with Crippen molar-refractivity contribution in [3.8, 4) is 0 Å². The highest BCUT2D eigenvalue weighted by atomic mass is 16.2. The first-order valence-electron chi connectivity index (χ1n) is 11.4.